The Morgan fingerprint density at radius 2 is 2.05 bits per heavy atom. The van der Waals surface area contributed by atoms with Crippen LogP contribution in [0, 0.1) is 17.1 Å². The maximum absolute atomic E-state index is 13.4. The average Bonchev–Trinajstić information content (AvgIpc) is 2.38. The topological polar surface area (TPSA) is 59.0 Å². The molecule has 0 unspecified atom stereocenters. The summed E-state index contributed by atoms with van der Waals surface area (Å²) in [5, 5.41) is 9.11. The Hall–Kier alpha value is -2.25. The molecular formula is C14H10ClFN2O. The minimum Gasteiger partial charge on any atom is -0.489 e. The lowest BCUT2D eigenvalue weighted by atomic mass is 10.2. The van der Waals surface area contributed by atoms with Crippen LogP contribution >= 0.6 is 11.6 Å². The van der Waals surface area contributed by atoms with Gasteiger partial charge < -0.3 is 10.5 Å². The number of nitrogen functional groups attached to an aromatic ring is 1. The maximum Gasteiger partial charge on any atom is 0.144 e. The van der Waals surface area contributed by atoms with E-state index < -0.39 is 5.82 Å². The Morgan fingerprint density at radius 1 is 1.26 bits per heavy atom. The molecule has 0 fully saturated rings. The van der Waals surface area contributed by atoms with Crippen LogP contribution in [0.25, 0.3) is 0 Å². The van der Waals surface area contributed by atoms with Gasteiger partial charge in [0.25, 0.3) is 0 Å². The van der Waals surface area contributed by atoms with Gasteiger partial charge in [0.05, 0.1) is 5.56 Å². The van der Waals surface area contributed by atoms with Crippen LogP contribution in [-0.4, -0.2) is 0 Å². The van der Waals surface area contributed by atoms with Crippen LogP contribution in [0.15, 0.2) is 36.4 Å². The van der Waals surface area contributed by atoms with E-state index in [2.05, 4.69) is 0 Å². The quantitative estimate of drug-likeness (QED) is 0.873. The lowest BCUT2D eigenvalue weighted by Crippen LogP contribution is -1.98. The molecule has 0 aromatic heterocycles. The van der Waals surface area contributed by atoms with Crippen molar-refractivity contribution in [3.05, 3.63) is 58.4 Å². The van der Waals surface area contributed by atoms with E-state index >= 15 is 0 Å². The van der Waals surface area contributed by atoms with E-state index in [1.165, 1.54) is 18.2 Å². The predicted molar refractivity (Wildman–Crippen MR) is 71.3 cm³/mol. The first-order valence-corrected chi connectivity index (χ1v) is 5.84. The number of anilines is 1. The van der Waals surface area contributed by atoms with Gasteiger partial charge in [0, 0.05) is 22.3 Å². The highest BCUT2D eigenvalue weighted by Gasteiger charge is 2.05. The van der Waals surface area contributed by atoms with Gasteiger partial charge in [-0.2, -0.15) is 5.26 Å². The van der Waals surface area contributed by atoms with Gasteiger partial charge in [0.2, 0.25) is 0 Å². The van der Waals surface area contributed by atoms with Crippen molar-refractivity contribution in [1.29, 1.82) is 5.26 Å². The van der Waals surface area contributed by atoms with Crippen LogP contribution in [0.3, 0.4) is 0 Å². The van der Waals surface area contributed by atoms with E-state index in [1.807, 2.05) is 0 Å². The Bertz CT molecular complexity index is 652. The third-order valence-electron chi connectivity index (χ3n) is 2.53. The molecule has 0 aliphatic heterocycles. The molecule has 2 aromatic rings. The molecule has 5 heteroatoms. The van der Waals surface area contributed by atoms with Gasteiger partial charge in [-0.1, -0.05) is 17.7 Å². The van der Waals surface area contributed by atoms with Gasteiger partial charge in [0.15, 0.2) is 0 Å². The molecule has 0 bridgehead atoms. The molecule has 2 N–H and O–H groups in total. The van der Waals surface area contributed by atoms with Gasteiger partial charge in [-0.05, 0) is 24.3 Å². The molecule has 0 heterocycles. The molecule has 96 valence electrons. The predicted octanol–water partition coefficient (Wildman–Crippen LogP) is 3.51. The van der Waals surface area contributed by atoms with E-state index in [0.29, 0.717) is 16.5 Å². The molecule has 2 aromatic carbocycles. The van der Waals surface area contributed by atoms with Crippen LogP contribution in [0.1, 0.15) is 11.1 Å². The molecule has 0 aliphatic carbocycles. The van der Waals surface area contributed by atoms with Crippen LogP contribution in [-0.2, 0) is 6.61 Å². The van der Waals surface area contributed by atoms with Crippen molar-refractivity contribution in [1.82, 2.24) is 0 Å². The summed E-state index contributed by atoms with van der Waals surface area (Å²) in [5.74, 6) is -0.271. The lowest BCUT2D eigenvalue weighted by Gasteiger charge is -2.08. The Labute approximate surface area is 115 Å². The Balaban J connectivity index is 2.10. The van der Waals surface area contributed by atoms with Crippen LogP contribution in [0.5, 0.6) is 5.75 Å². The van der Waals surface area contributed by atoms with Gasteiger partial charge in [-0.3, -0.25) is 0 Å². The van der Waals surface area contributed by atoms with Crippen LogP contribution < -0.4 is 10.5 Å². The monoisotopic (exact) mass is 276 g/mol. The molecule has 0 spiro atoms. The number of nitriles is 1. The first-order chi connectivity index (χ1) is 9.10. The second-order valence-electron chi connectivity index (χ2n) is 3.89. The van der Waals surface area contributed by atoms with E-state index in [0.717, 1.165) is 5.56 Å². The van der Waals surface area contributed by atoms with Crippen LogP contribution in [0.4, 0.5) is 10.1 Å². The van der Waals surface area contributed by atoms with Gasteiger partial charge in [0.1, 0.15) is 24.2 Å². The summed E-state index contributed by atoms with van der Waals surface area (Å²) in [5.41, 5.74) is 6.88. The number of nitrogens with two attached hydrogens (primary N) is 1. The van der Waals surface area contributed by atoms with E-state index in [-0.39, 0.29) is 12.2 Å². The number of nitrogens with zero attached hydrogens (tertiary/aromatic N) is 1. The SMILES string of the molecule is N#Cc1ccc(OCc2ccc(N)cc2Cl)cc1F. The number of hydrogen-bond acceptors (Lipinski definition) is 3. The highest BCUT2D eigenvalue weighted by atomic mass is 35.5. The third-order valence-corrected chi connectivity index (χ3v) is 2.88. The van der Waals surface area contributed by atoms with Crippen molar-refractivity contribution in [3.8, 4) is 11.8 Å². The molecule has 0 saturated carbocycles. The van der Waals surface area contributed by atoms with Crippen molar-refractivity contribution in [2.75, 3.05) is 5.73 Å². The Kier molecular flexibility index (Phi) is 3.88. The summed E-state index contributed by atoms with van der Waals surface area (Å²) in [6, 6.07) is 10.9. The molecule has 2 rings (SSSR count). The summed E-state index contributed by atoms with van der Waals surface area (Å²) in [7, 11) is 0. The summed E-state index contributed by atoms with van der Waals surface area (Å²) >= 11 is 6.00. The highest BCUT2D eigenvalue weighted by molar-refractivity contribution is 6.31. The van der Waals surface area contributed by atoms with Gasteiger partial charge >= 0.3 is 0 Å². The molecule has 3 nitrogen and oxygen atoms in total. The third kappa shape index (κ3) is 3.15. The molecule has 19 heavy (non-hydrogen) atoms. The molecule has 0 saturated heterocycles. The lowest BCUT2D eigenvalue weighted by molar-refractivity contribution is 0.304. The molecule has 0 atom stereocenters. The van der Waals surface area contributed by atoms with Crippen molar-refractivity contribution in [2.45, 2.75) is 6.61 Å². The zero-order chi connectivity index (χ0) is 13.8. The smallest absolute Gasteiger partial charge is 0.144 e. The fourth-order valence-electron chi connectivity index (χ4n) is 1.52. The standard InChI is InChI=1S/C14H10ClFN2O/c15-13-5-11(18)3-1-10(13)8-19-12-4-2-9(7-17)14(16)6-12/h1-6H,8,18H2. The largest absolute Gasteiger partial charge is 0.489 e. The van der Waals surface area contributed by atoms with E-state index in [4.69, 9.17) is 27.3 Å². The fourth-order valence-corrected chi connectivity index (χ4v) is 1.76. The van der Waals surface area contributed by atoms with Crippen molar-refractivity contribution >= 4 is 17.3 Å². The highest BCUT2D eigenvalue weighted by Crippen LogP contribution is 2.22. The summed E-state index contributed by atoms with van der Waals surface area (Å²) in [6.45, 7) is 0.199. The maximum atomic E-state index is 13.4. The van der Waals surface area contributed by atoms with Gasteiger partial charge in [-0.15, -0.1) is 0 Å². The fraction of sp³-hybridized carbons (Fsp3) is 0.0714. The molecule has 0 aliphatic rings. The first kappa shape index (κ1) is 13.2. The molecule has 0 amide bonds. The van der Waals surface area contributed by atoms with Gasteiger partial charge in [-0.25, -0.2) is 4.39 Å². The minimum atomic E-state index is -0.608. The minimum absolute atomic E-state index is 0.0159. The number of ether oxygens (including phenoxy) is 1. The summed E-state index contributed by atoms with van der Waals surface area (Å²) in [4.78, 5) is 0. The van der Waals surface area contributed by atoms with Crippen LogP contribution in [0.2, 0.25) is 5.02 Å². The second kappa shape index (κ2) is 5.59. The normalized spacial score (nSPS) is 9.95. The van der Waals surface area contributed by atoms with E-state index in [9.17, 15) is 4.39 Å². The first-order valence-electron chi connectivity index (χ1n) is 5.46. The van der Waals surface area contributed by atoms with E-state index in [1.54, 1.807) is 24.3 Å². The number of halogens is 2. The number of benzene rings is 2. The summed E-state index contributed by atoms with van der Waals surface area (Å²) < 4.78 is 18.8. The zero-order valence-electron chi connectivity index (χ0n) is 9.86. The Morgan fingerprint density at radius 3 is 2.68 bits per heavy atom. The molecular weight excluding hydrogens is 267 g/mol. The number of hydrogen-bond donors (Lipinski definition) is 1. The number of rotatable bonds is 3. The van der Waals surface area contributed by atoms with Crippen molar-refractivity contribution in [3.63, 3.8) is 0 Å². The van der Waals surface area contributed by atoms with Crippen molar-refractivity contribution < 1.29 is 9.13 Å². The zero-order valence-corrected chi connectivity index (χ0v) is 10.6. The summed E-state index contributed by atoms with van der Waals surface area (Å²) in [6.07, 6.45) is 0. The molecule has 0 radical (unpaired) electrons. The average molecular weight is 277 g/mol. The van der Waals surface area contributed by atoms with Crippen molar-refractivity contribution in [2.24, 2.45) is 0 Å². The second-order valence-corrected chi connectivity index (χ2v) is 4.30.